The minimum atomic E-state index is -0.392. The maximum Gasteiger partial charge on any atom is 0.271 e. The monoisotopic (exact) mass is 467 g/mol. The Morgan fingerprint density at radius 3 is 2.39 bits per heavy atom. The minimum absolute atomic E-state index is 0.167. The fourth-order valence-electron chi connectivity index (χ4n) is 2.76. The summed E-state index contributed by atoms with van der Waals surface area (Å²) in [6.07, 6.45) is 1.49. The molecule has 0 aliphatic heterocycles. The number of anilines is 1. The van der Waals surface area contributed by atoms with Gasteiger partial charge in [-0.2, -0.15) is 5.10 Å². The van der Waals surface area contributed by atoms with Crippen molar-refractivity contribution in [1.29, 1.82) is 0 Å². The number of hydrogen-bond donors (Lipinski definition) is 2. The van der Waals surface area contributed by atoms with Crippen LogP contribution in [0.1, 0.15) is 15.9 Å². The standard InChI is InChI=1S/C24H22ClN3O5/c1-31-21-12-9-17(13-22(21)32-2)24(30)28-26-14-16-7-10-18(11-8-16)33-15-23(29)27-20-6-4-3-5-19(20)25/h3-14H,15H2,1-2H3,(H,27,29)(H,28,30)/b26-14-. The minimum Gasteiger partial charge on any atom is -0.493 e. The Kier molecular flexibility index (Phi) is 8.26. The first-order valence-electron chi connectivity index (χ1n) is 9.83. The molecule has 170 valence electrons. The summed E-state index contributed by atoms with van der Waals surface area (Å²) in [4.78, 5) is 24.3. The first-order chi connectivity index (χ1) is 16.0. The average Bonchev–Trinajstić information content (AvgIpc) is 2.84. The predicted octanol–water partition coefficient (Wildman–Crippen LogP) is 4.14. The van der Waals surface area contributed by atoms with Crippen molar-refractivity contribution in [2.24, 2.45) is 5.10 Å². The van der Waals surface area contributed by atoms with Crippen LogP contribution in [-0.4, -0.2) is 38.9 Å². The number of carbonyl (C=O) groups excluding carboxylic acids is 2. The number of nitrogens with one attached hydrogen (secondary N) is 2. The fourth-order valence-corrected chi connectivity index (χ4v) is 2.94. The van der Waals surface area contributed by atoms with Crippen LogP contribution >= 0.6 is 11.6 Å². The lowest BCUT2D eigenvalue weighted by Crippen LogP contribution is -2.20. The quantitative estimate of drug-likeness (QED) is 0.364. The number of halogens is 1. The number of carbonyl (C=O) groups is 2. The fraction of sp³-hybridized carbons (Fsp3) is 0.125. The summed E-state index contributed by atoms with van der Waals surface area (Å²) in [6.45, 7) is -0.167. The third kappa shape index (κ3) is 6.72. The van der Waals surface area contributed by atoms with Gasteiger partial charge in [0.2, 0.25) is 0 Å². The Bertz CT molecular complexity index is 1150. The number of para-hydroxylation sites is 1. The van der Waals surface area contributed by atoms with E-state index in [0.717, 1.165) is 5.56 Å². The lowest BCUT2D eigenvalue weighted by Gasteiger charge is -2.09. The Morgan fingerprint density at radius 2 is 1.70 bits per heavy atom. The second-order valence-electron chi connectivity index (χ2n) is 6.65. The number of rotatable bonds is 9. The normalized spacial score (nSPS) is 10.5. The zero-order chi connectivity index (χ0) is 23.6. The molecule has 0 fully saturated rings. The molecule has 0 aliphatic carbocycles. The molecule has 0 aliphatic rings. The first kappa shape index (κ1) is 23.6. The molecule has 2 N–H and O–H groups in total. The van der Waals surface area contributed by atoms with Gasteiger partial charge in [0.25, 0.3) is 11.8 Å². The SMILES string of the molecule is COc1ccc(C(=O)N/N=C\c2ccc(OCC(=O)Nc3ccccc3Cl)cc2)cc1OC. The molecule has 0 aromatic heterocycles. The lowest BCUT2D eigenvalue weighted by molar-refractivity contribution is -0.118. The Balaban J connectivity index is 1.49. The van der Waals surface area contributed by atoms with Crippen LogP contribution in [0.15, 0.2) is 71.8 Å². The summed E-state index contributed by atoms with van der Waals surface area (Å²) in [5, 5.41) is 7.10. The van der Waals surface area contributed by atoms with Crippen LogP contribution in [0.2, 0.25) is 5.02 Å². The molecule has 0 bridgehead atoms. The molecule has 0 heterocycles. The van der Waals surface area contributed by atoms with Gasteiger partial charge in [0.1, 0.15) is 5.75 Å². The summed E-state index contributed by atoms with van der Waals surface area (Å²) in [7, 11) is 3.02. The summed E-state index contributed by atoms with van der Waals surface area (Å²) in [5.41, 5.74) is 4.09. The van der Waals surface area contributed by atoms with E-state index in [4.69, 9.17) is 25.8 Å². The number of hydrogen-bond acceptors (Lipinski definition) is 6. The van der Waals surface area contributed by atoms with E-state index in [9.17, 15) is 9.59 Å². The number of hydrazone groups is 1. The largest absolute Gasteiger partial charge is 0.493 e. The van der Waals surface area contributed by atoms with Gasteiger partial charge in [0, 0.05) is 5.56 Å². The van der Waals surface area contributed by atoms with Crippen LogP contribution < -0.4 is 25.0 Å². The topological polar surface area (TPSA) is 98.3 Å². The number of ether oxygens (including phenoxy) is 3. The summed E-state index contributed by atoms with van der Waals surface area (Å²) in [6, 6.07) is 18.6. The van der Waals surface area contributed by atoms with E-state index in [2.05, 4.69) is 15.8 Å². The molecule has 0 unspecified atom stereocenters. The van der Waals surface area contributed by atoms with Gasteiger partial charge in [-0.3, -0.25) is 9.59 Å². The maximum absolute atomic E-state index is 12.3. The Labute approximate surface area is 196 Å². The summed E-state index contributed by atoms with van der Waals surface area (Å²) < 4.78 is 15.8. The highest BCUT2D eigenvalue weighted by molar-refractivity contribution is 6.33. The second kappa shape index (κ2) is 11.5. The molecular weight excluding hydrogens is 446 g/mol. The molecule has 3 aromatic carbocycles. The summed E-state index contributed by atoms with van der Waals surface area (Å²) >= 11 is 6.02. The van der Waals surface area contributed by atoms with E-state index in [1.165, 1.54) is 20.4 Å². The van der Waals surface area contributed by atoms with Crippen molar-refractivity contribution in [2.75, 3.05) is 26.1 Å². The van der Waals surface area contributed by atoms with Gasteiger partial charge in [-0.05, 0) is 60.2 Å². The third-order valence-electron chi connectivity index (χ3n) is 4.42. The smallest absolute Gasteiger partial charge is 0.271 e. The number of nitrogens with zero attached hydrogens (tertiary/aromatic N) is 1. The first-order valence-corrected chi connectivity index (χ1v) is 10.2. The molecule has 33 heavy (non-hydrogen) atoms. The Hall–Kier alpha value is -4.04. The second-order valence-corrected chi connectivity index (χ2v) is 7.06. The zero-order valence-corrected chi connectivity index (χ0v) is 18.8. The highest BCUT2D eigenvalue weighted by atomic mass is 35.5. The van der Waals surface area contributed by atoms with Crippen molar-refractivity contribution in [3.8, 4) is 17.2 Å². The van der Waals surface area contributed by atoms with Gasteiger partial charge in [-0.15, -0.1) is 0 Å². The van der Waals surface area contributed by atoms with Crippen molar-refractivity contribution < 1.29 is 23.8 Å². The van der Waals surface area contributed by atoms with Crippen LogP contribution in [-0.2, 0) is 4.79 Å². The van der Waals surface area contributed by atoms with Crippen LogP contribution in [0.4, 0.5) is 5.69 Å². The van der Waals surface area contributed by atoms with Gasteiger partial charge in [0.05, 0.1) is 31.1 Å². The number of benzene rings is 3. The highest BCUT2D eigenvalue weighted by Crippen LogP contribution is 2.27. The van der Waals surface area contributed by atoms with Crippen molar-refractivity contribution in [3.63, 3.8) is 0 Å². The van der Waals surface area contributed by atoms with E-state index in [0.29, 0.717) is 33.5 Å². The number of methoxy groups -OCH3 is 2. The van der Waals surface area contributed by atoms with Crippen molar-refractivity contribution >= 4 is 35.3 Å². The Morgan fingerprint density at radius 1 is 0.970 bits per heavy atom. The molecule has 0 saturated carbocycles. The lowest BCUT2D eigenvalue weighted by atomic mass is 10.2. The average molecular weight is 468 g/mol. The molecule has 8 nitrogen and oxygen atoms in total. The molecule has 0 saturated heterocycles. The molecule has 2 amide bonds. The van der Waals surface area contributed by atoms with Gasteiger partial charge in [-0.25, -0.2) is 5.43 Å². The van der Waals surface area contributed by atoms with Crippen LogP contribution in [0.5, 0.6) is 17.2 Å². The maximum atomic E-state index is 12.3. The van der Waals surface area contributed by atoms with Crippen molar-refractivity contribution in [2.45, 2.75) is 0 Å². The van der Waals surface area contributed by atoms with Gasteiger partial charge in [0.15, 0.2) is 18.1 Å². The summed E-state index contributed by atoms with van der Waals surface area (Å²) in [5.74, 6) is 0.769. The predicted molar refractivity (Wildman–Crippen MR) is 127 cm³/mol. The number of amides is 2. The van der Waals surface area contributed by atoms with E-state index >= 15 is 0 Å². The van der Waals surface area contributed by atoms with E-state index < -0.39 is 5.91 Å². The van der Waals surface area contributed by atoms with E-state index in [1.54, 1.807) is 66.7 Å². The van der Waals surface area contributed by atoms with Crippen molar-refractivity contribution in [3.05, 3.63) is 82.9 Å². The molecule has 0 atom stereocenters. The molecule has 3 aromatic rings. The molecular formula is C24H22ClN3O5. The van der Waals surface area contributed by atoms with E-state index in [-0.39, 0.29) is 12.5 Å². The van der Waals surface area contributed by atoms with Gasteiger partial charge in [-0.1, -0.05) is 23.7 Å². The van der Waals surface area contributed by atoms with Gasteiger partial charge < -0.3 is 19.5 Å². The van der Waals surface area contributed by atoms with Crippen LogP contribution in [0.25, 0.3) is 0 Å². The van der Waals surface area contributed by atoms with E-state index in [1.807, 2.05) is 0 Å². The van der Waals surface area contributed by atoms with Crippen LogP contribution in [0, 0.1) is 0 Å². The van der Waals surface area contributed by atoms with Crippen molar-refractivity contribution in [1.82, 2.24) is 5.43 Å². The molecule has 0 radical (unpaired) electrons. The molecule has 3 rings (SSSR count). The molecule has 9 heteroatoms. The molecule has 0 spiro atoms. The third-order valence-corrected chi connectivity index (χ3v) is 4.75. The highest BCUT2D eigenvalue weighted by Gasteiger charge is 2.10. The zero-order valence-electron chi connectivity index (χ0n) is 18.0. The van der Waals surface area contributed by atoms with Crippen LogP contribution in [0.3, 0.4) is 0 Å². The van der Waals surface area contributed by atoms with Gasteiger partial charge >= 0.3 is 0 Å².